The summed E-state index contributed by atoms with van der Waals surface area (Å²) in [7, 11) is 0. The van der Waals surface area contributed by atoms with Gasteiger partial charge in [-0.2, -0.15) is 0 Å². The van der Waals surface area contributed by atoms with Gasteiger partial charge in [0.25, 0.3) is 0 Å². The Kier molecular flexibility index (Phi) is 4.84. The van der Waals surface area contributed by atoms with Crippen LogP contribution in [0.25, 0.3) is 10.9 Å². The molecule has 2 N–H and O–H groups in total. The van der Waals surface area contributed by atoms with Crippen LogP contribution in [0.2, 0.25) is 0 Å². The molecule has 0 radical (unpaired) electrons. The summed E-state index contributed by atoms with van der Waals surface area (Å²) in [4.78, 5) is 28.3. The molecule has 0 amide bonds. The lowest BCUT2D eigenvalue weighted by Gasteiger charge is -2.37. The van der Waals surface area contributed by atoms with Crippen molar-refractivity contribution in [1.82, 2.24) is 19.9 Å². The van der Waals surface area contributed by atoms with Gasteiger partial charge in [-0.05, 0) is 28.9 Å². The average molecular weight is 430 g/mol. The van der Waals surface area contributed by atoms with Crippen molar-refractivity contribution in [3.8, 4) is 0 Å². The summed E-state index contributed by atoms with van der Waals surface area (Å²) in [5.41, 5.74) is 2.73. The van der Waals surface area contributed by atoms with E-state index < -0.39 is 12.0 Å². The number of nitrogens with one attached hydrogen (secondary N) is 1. The van der Waals surface area contributed by atoms with Gasteiger partial charge in [-0.1, -0.05) is 18.2 Å². The van der Waals surface area contributed by atoms with Gasteiger partial charge >= 0.3 is 5.97 Å². The molecule has 2 aromatic heterocycles. The number of anilines is 1. The predicted octanol–water partition coefficient (Wildman–Crippen LogP) is 2.98. The number of H-pyrrole nitrogens is 1. The molecule has 3 heterocycles. The lowest BCUT2D eigenvalue weighted by molar-refractivity contribution is -0.143. The van der Waals surface area contributed by atoms with Crippen LogP contribution in [-0.2, 0) is 4.79 Å². The van der Waals surface area contributed by atoms with Gasteiger partial charge < -0.3 is 15.0 Å². The van der Waals surface area contributed by atoms with Crippen molar-refractivity contribution in [3.63, 3.8) is 0 Å². The molecule has 1 atom stereocenters. The molecular weight excluding hydrogens is 410 g/mol. The molecule has 4 rings (SSSR count). The van der Waals surface area contributed by atoms with Crippen LogP contribution in [0.1, 0.15) is 17.3 Å². The minimum atomic E-state index is -0.823. The SMILES string of the molecule is Cc1[nH]c2ccccc2c1[C@@H](C(=O)O)N1CCN(c2ncc(Br)cn2)CC1. The van der Waals surface area contributed by atoms with E-state index in [1.807, 2.05) is 36.1 Å². The second kappa shape index (κ2) is 7.28. The Morgan fingerprint density at radius 1 is 1.19 bits per heavy atom. The van der Waals surface area contributed by atoms with Crippen molar-refractivity contribution < 1.29 is 9.90 Å². The third kappa shape index (κ3) is 3.42. The number of aromatic amines is 1. The minimum absolute atomic E-state index is 0.634. The van der Waals surface area contributed by atoms with E-state index in [9.17, 15) is 9.90 Å². The second-order valence-corrected chi connectivity index (χ2v) is 7.59. The van der Waals surface area contributed by atoms with Crippen LogP contribution in [-0.4, -0.2) is 57.1 Å². The highest BCUT2D eigenvalue weighted by molar-refractivity contribution is 9.10. The number of aliphatic carboxylic acids is 1. The van der Waals surface area contributed by atoms with E-state index >= 15 is 0 Å². The van der Waals surface area contributed by atoms with Gasteiger partial charge in [0, 0.05) is 60.7 Å². The highest BCUT2D eigenvalue weighted by Gasteiger charge is 2.33. The van der Waals surface area contributed by atoms with Crippen molar-refractivity contribution in [2.45, 2.75) is 13.0 Å². The highest BCUT2D eigenvalue weighted by Crippen LogP contribution is 2.32. The monoisotopic (exact) mass is 429 g/mol. The third-order valence-corrected chi connectivity index (χ3v) is 5.43. The van der Waals surface area contributed by atoms with Gasteiger partial charge in [0.1, 0.15) is 6.04 Å². The third-order valence-electron chi connectivity index (χ3n) is 5.02. The molecule has 0 saturated carbocycles. The van der Waals surface area contributed by atoms with Crippen LogP contribution in [0.3, 0.4) is 0 Å². The van der Waals surface area contributed by atoms with E-state index in [0.717, 1.165) is 26.6 Å². The number of nitrogens with zero attached hydrogens (tertiary/aromatic N) is 4. The largest absolute Gasteiger partial charge is 0.480 e. The summed E-state index contributed by atoms with van der Waals surface area (Å²) < 4.78 is 0.839. The fourth-order valence-corrected chi connectivity index (χ4v) is 3.97. The summed E-state index contributed by atoms with van der Waals surface area (Å²) in [5, 5.41) is 11.0. The van der Waals surface area contributed by atoms with Crippen LogP contribution in [0.4, 0.5) is 5.95 Å². The van der Waals surface area contributed by atoms with Crippen molar-refractivity contribution in [2.75, 3.05) is 31.1 Å². The average Bonchev–Trinajstić information content (AvgIpc) is 2.99. The first-order chi connectivity index (χ1) is 13.0. The maximum absolute atomic E-state index is 12.2. The second-order valence-electron chi connectivity index (χ2n) is 6.67. The summed E-state index contributed by atoms with van der Waals surface area (Å²) in [6.45, 7) is 4.58. The van der Waals surface area contributed by atoms with Crippen LogP contribution < -0.4 is 4.90 Å². The number of halogens is 1. The van der Waals surface area contributed by atoms with Crippen LogP contribution in [0, 0.1) is 6.92 Å². The van der Waals surface area contributed by atoms with Crippen molar-refractivity contribution in [1.29, 1.82) is 0 Å². The maximum atomic E-state index is 12.2. The van der Waals surface area contributed by atoms with Gasteiger partial charge in [0.2, 0.25) is 5.95 Å². The van der Waals surface area contributed by atoms with E-state index in [-0.39, 0.29) is 0 Å². The number of carbonyl (C=O) groups is 1. The molecular formula is C19H20BrN5O2. The topological polar surface area (TPSA) is 85.4 Å². The number of hydrogen-bond donors (Lipinski definition) is 2. The normalized spacial score (nSPS) is 16.6. The molecule has 27 heavy (non-hydrogen) atoms. The number of carboxylic acid groups (broad SMARTS) is 1. The van der Waals surface area contributed by atoms with Crippen LogP contribution in [0.5, 0.6) is 0 Å². The fourth-order valence-electron chi connectivity index (χ4n) is 3.76. The molecule has 0 unspecified atom stereocenters. The Balaban J connectivity index is 1.58. The molecule has 0 bridgehead atoms. The summed E-state index contributed by atoms with van der Waals surface area (Å²) in [5.74, 6) is -0.149. The lowest BCUT2D eigenvalue weighted by Crippen LogP contribution is -2.49. The molecule has 7 nitrogen and oxygen atoms in total. The van der Waals surface area contributed by atoms with E-state index in [2.05, 4.69) is 35.8 Å². The van der Waals surface area contributed by atoms with Crippen molar-refractivity contribution >= 4 is 38.8 Å². The Morgan fingerprint density at radius 2 is 1.85 bits per heavy atom. The number of piperazine rings is 1. The fraction of sp³-hybridized carbons (Fsp3) is 0.316. The number of carboxylic acids is 1. The number of para-hydroxylation sites is 1. The number of fused-ring (bicyclic) bond motifs is 1. The molecule has 3 aromatic rings. The van der Waals surface area contributed by atoms with Gasteiger partial charge in [0.05, 0.1) is 4.47 Å². The molecule has 1 fully saturated rings. The van der Waals surface area contributed by atoms with E-state index in [1.165, 1.54) is 0 Å². The first-order valence-electron chi connectivity index (χ1n) is 8.81. The van der Waals surface area contributed by atoms with Crippen LogP contribution >= 0.6 is 15.9 Å². The lowest BCUT2D eigenvalue weighted by atomic mass is 10.0. The quantitative estimate of drug-likeness (QED) is 0.662. The van der Waals surface area contributed by atoms with Crippen molar-refractivity contribution in [2.24, 2.45) is 0 Å². The van der Waals surface area contributed by atoms with Gasteiger partial charge in [-0.3, -0.25) is 9.69 Å². The summed E-state index contributed by atoms with van der Waals surface area (Å²) in [6, 6.07) is 7.19. The zero-order valence-corrected chi connectivity index (χ0v) is 16.5. The standard InChI is InChI=1S/C19H20BrN5O2/c1-12-16(14-4-2-3-5-15(14)23-12)17(18(26)27)24-6-8-25(9-7-24)19-21-10-13(20)11-22-19/h2-5,10-11,17,23H,6-9H2,1H3,(H,26,27)/t17-/m0/s1. The Bertz CT molecular complexity index is 964. The zero-order valence-electron chi connectivity index (χ0n) is 14.9. The molecule has 8 heteroatoms. The zero-order chi connectivity index (χ0) is 19.0. The predicted molar refractivity (Wildman–Crippen MR) is 107 cm³/mol. The summed E-state index contributed by atoms with van der Waals surface area (Å²) in [6.07, 6.45) is 3.45. The first kappa shape index (κ1) is 17.9. The smallest absolute Gasteiger partial charge is 0.325 e. The van der Waals surface area contributed by atoms with Crippen molar-refractivity contribution in [3.05, 3.63) is 52.4 Å². The number of aromatic nitrogens is 3. The van der Waals surface area contributed by atoms with Gasteiger partial charge in [0.15, 0.2) is 0 Å². The first-order valence-corrected chi connectivity index (χ1v) is 9.60. The molecule has 1 aromatic carbocycles. The number of hydrogen-bond acceptors (Lipinski definition) is 5. The van der Waals surface area contributed by atoms with E-state index in [0.29, 0.717) is 32.1 Å². The Morgan fingerprint density at radius 3 is 2.52 bits per heavy atom. The number of rotatable bonds is 4. The molecule has 1 aliphatic rings. The van der Waals surface area contributed by atoms with Crippen LogP contribution in [0.15, 0.2) is 41.1 Å². The molecule has 1 saturated heterocycles. The van der Waals surface area contributed by atoms with E-state index in [1.54, 1.807) is 12.4 Å². The molecule has 0 spiro atoms. The number of benzene rings is 1. The highest BCUT2D eigenvalue weighted by atomic mass is 79.9. The molecule has 140 valence electrons. The minimum Gasteiger partial charge on any atom is -0.480 e. The van der Waals surface area contributed by atoms with Gasteiger partial charge in [-0.15, -0.1) is 0 Å². The van der Waals surface area contributed by atoms with Gasteiger partial charge in [-0.25, -0.2) is 9.97 Å². The summed E-state index contributed by atoms with van der Waals surface area (Å²) >= 11 is 3.34. The Labute approximate surface area is 165 Å². The maximum Gasteiger partial charge on any atom is 0.325 e. The Hall–Kier alpha value is -2.45. The molecule has 0 aliphatic carbocycles. The van der Waals surface area contributed by atoms with E-state index in [4.69, 9.17) is 0 Å². The number of aryl methyl sites for hydroxylation is 1. The molecule has 1 aliphatic heterocycles.